The molecule has 0 amide bonds. The molecule has 0 radical (unpaired) electrons. The van der Waals surface area contributed by atoms with Crippen molar-refractivity contribution in [2.45, 2.75) is 39.5 Å². The Morgan fingerprint density at radius 1 is 1.42 bits per heavy atom. The van der Waals surface area contributed by atoms with Crippen LogP contribution in [0.25, 0.3) is 5.52 Å². The number of aryl methyl sites for hydroxylation is 1. The summed E-state index contributed by atoms with van der Waals surface area (Å²) < 4.78 is 3.08. The molecule has 6 nitrogen and oxygen atoms in total. The summed E-state index contributed by atoms with van der Waals surface area (Å²) in [4.78, 5) is 12.2. The molecule has 1 unspecified atom stereocenters. The first-order valence-electron chi connectivity index (χ1n) is 6.44. The Labute approximate surface area is 111 Å². The van der Waals surface area contributed by atoms with Gasteiger partial charge in [-0.1, -0.05) is 13.8 Å². The molecule has 2 aromatic rings. The van der Waals surface area contributed by atoms with Gasteiger partial charge in [0.2, 0.25) is 0 Å². The molecule has 2 rings (SSSR count). The van der Waals surface area contributed by atoms with Gasteiger partial charge in [-0.3, -0.25) is 4.79 Å². The minimum atomic E-state index is -0.591. The van der Waals surface area contributed by atoms with Gasteiger partial charge in [0.1, 0.15) is 5.52 Å². The highest BCUT2D eigenvalue weighted by Gasteiger charge is 2.10. The molecule has 0 aromatic carbocycles. The normalized spacial score (nSPS) is 13.3. The SMILES string of the molecule is Cc1cc2c(=O)n(CC(O)CNC(C)C)ccn2n1. The molecule has 0 fully saturated rings. The Bertz CT molecular complexity index is 615. The minimum absolute atomic E-state index is 0.133. The fourth-order valence-electron chi connectivity index (χ4n) is 1.96. The van der Waals surface area contributed by atoms with E-state index < -0.39 is 6.10 Å². The van der Waals surface area contributed by atoms with Crippen molar-refractivity contribution in [3.8, 4) is 0 Å². The van der Waals surface area contributed by atoms with E-state index in [4.69, 9.17) is 0 Å². The van der Waals surface area contributed by atoms with Crippen molar-refractivity contribution in [3.63, 3.8) is 0 Å². The molecule has 2 N–H and O–H groups in total. The number of aromatic nitrogens is 3. The molecule has 0 aliphatic rings. The van der Waals surface area contributed by atoms with Gasteiger partial charge >= 0.3 is 0 Å². The number of aliphatic hydroxyl groups is 1. The van der Waals surface area contributed by atoms with E-state index in [1.807, 2.05) is 20.8 Å². The van der Waals surface area contributed by atoms with Crippen LogP contribution in [0, 0.1) is 6.92 Å². The topological polar surface area (TPSA) is 71.6 Å². The summed E-state index contributed by atoms with van der Waals surface area (Å²) >= 11 is 0. The van der Waals surface area contributed by atoms with Crippen LogP contribution >= 0.6 is 0 Å². The second-order valence-corrected chi connectivity index (χ2v) is 5.09. The summed E-state index contributed by atoms with van der Waals surface area (Å²) in [6.07, 6.45) is 2.79. The lowest BCUT2D eigenvalue weighted by Gasteiger charge is -2.15. The monoisotopic (exact) mass is 264 g/mol. The van der Waals surface area contributed by atoms with E-state index in [9.17, 15) is 9.90 Å². The zero-order valence-electron chi connectivity index (χ0n) is 11.5. The summed E-state index contributed by atoms with van der Waals surface area (Å²) in [6, 6.07) is 2.06. The van der Waals surface area contributed by atoms with E-state index in [1.54, 1.807) is 23.0 Å². The summed E-state index contributed by atoms with van der Waals surface area (Å²) in [7, 11) is 0. The highest BCUT2D eigenvalue weighted by atomic mass is 16.3. The molecule has 104 valence electrons. The molecule has 0 spiro atoms. The summed E-state index contributed by atoms with van der Waals surface area (Å²) in [5.74, 6) is 0. The van der Waals surface area contributed by atoms with Crippen molar-refractivity contribution < 1.29 is 5.11 Å². The zero-order valence-corrected chi connectivity index (χ0v) is 11.5. The quantitative estimate of drug-likeness (QED) is 0.807. The Morgan fingerprint density at radius 3 is 2.84 bits per heavy atom. The van der Waals surface area contributed by atoms with Gasteiger partial charge in [-0.05, 0) is 13.0 Å². The predicted octanol–water partition coefficient (Wildman–Crippen LogP) is 0.163. The number of hydrogen-bond acceptors (Lipinski definition) is 4. The van der Waals surface area contributed by atoms with E-state index in [2.05, 4.69) is 10.4 Å². The third-order valence-electron chi connectivity index (χ3n) is 2.89. The van der Waals surface area contributed by atoms with Crippen LogP contribution in [0.2, 0.25) is 0 Å². The molecular weight excluding hydrogens is 244 g/mol. The third kappa shape index (κ3) is 3.21. The van der Waals surface area contributed by atoms with Gasteiger partial charge < -0.3 is 15.0 Å². The summed E-state index contributed by atoms with van der Waals surface area (Å²) in [5.41, 5.74) is 1.20. The number of rotatable bonds is 5. The van der Waals surface area contributed by atoms with E-state index in [0.717, 1.165) is 5.69 Å². The van der Waals surface area contributed by atoms with Crippen molar-refractivity contribution in [2.24, 2.45) is 0 Å². The first-order valence-corrected chi connectivity index (χ1v) is 6.44. The van der Waals surface area contributed by atoms with Crippen LogP contribution in [0.3, 0.4) is 0 Å². The third-order valence-corrected chi connectivity index (χ3v) is 2.89. The molecule has 6 heteroatoms. The number of fused-ring (bicyclic) bond motifs is 1. The maximum atomic E-state index is 12.2. The van der Waals surface area contributed by atoms with Crippen LogP contribution in [0.15, 0.2) is 23.3 Å². The van der Waals surface area contributed by atoms with Gasteiger partial charge in [0.25, 0.3) is 5.56 Å². The number of aliphatic hydroxyl groups excluding tert-OH is 1. The lowest BCUT2D eigenvalue weighted by atomic mass is 10.3. The predicted molar refractivity (Wildman–Crippen MR) is 73.3 cm³/mol. The number of nitrogens with one attached hydrogen (secondary N) is 1. The zero-order chi connectivity index (χ0) is 14.0. The molecule has 2 aromatic heterocycles. The largest absolute Gasteiger partial charge is 0.390 e. The van der Waals surface area contributed by atoms with E-state index in [-0.39, 0.29) is 12.1 Å². The Balaban J connectivity index is 2.16. The van der Waals surface area contributed by atoms with Crippen molar-refractivity contribution in [3.05, 3.63) is 34.5 Å². The van der Waals surface area contributed by atoms with Crippen LogP contribution < -0.4 is 10.9 Å². The highest BCUT2D eigenvalue weighted by molar-refractivity contribution is 5.44. The Kier molecular flexibility index (Phi) is 4.01. The van der Waals surface area contributed by atoms with Crippen LogP contribution in [0.4, 0.5) is 0 Å². The smallest absolute Gasteiger partial charge is 0.276 e. The first kappa shape index (κ1) is 13.8. The summed E-state index contributed by atoms with van der Waals surface area (Å²) in [5, 5.41) is 17.2. The van der Waals surface area contributed by atoms with Crippen molar-refractivity contribution in [1.82, 2.24) is 19.5 Å². The molecular formula is C13H20N4O2. The van der Waals surface area contributed by atoms with E-state index in [0.29, 0.717) is 18.1 Å². The second-order valence-electron chi connectivity index (χ2n) is 5.09. The van der Waals surface area contributed by atoms with Gasteiger partial charge in [0.15, 0.2) is 0 Å². The highest BCUT2D eigenvalue weighted by Crippen LogP contribution is 2.00. The fraction of sp³-hybridized carbons (Fsp3) is 0.538. The average Bonchev–Trinajstić information content (AvgIpc) is 2.72. The van der Waals surface area contributed by atoms with Crippen LogP contribution in [0.1, 0.15) is 19.5 Å². The van der Waals surface area contributed by atoms with Gasteiger partial charge in [0, 0.05) is 25.0 Å². The Hall–Kier alpha value is -1.66. The number of hydrogen-bond donors (Lipinski definition) is 2. The minimum Gasteiger partial charge on any atom is -0.390 e. The number of nitrogens with zero attached hydrogens (tertiary/aromatic N) is 3. The van der Waals surface area contributed by atoms with E-state index >= 15 is 0 Å². The molecule has 0 aliphatic heterocycles. The maximum absolute atomic E-state index is 12.2. The Morgan fingerprint density at radius 2 is 2.16 bits per heavy atom. The van der Waals surface area contributed by atoms with E-state index in [1.165, 1.54) is 4.57 Å². The molecule has 0 saturated carbocycles. The second kappa shape index (κ2) is 5.54. The first-order chi connectivity index (χ1) is 8.97. The summed E-state index contributed by atoms with van der Waals surface area (Å²) in [6.45, 7) is 6.62. The standard InChI is InChI=1S/C13H20N4O2/c1-9(2)14-7-11(18)8-16-4-5-17-12(13(16)19)6-10(3)15-17/h4-6,9,11,14,18H,7-8H2,1-3H3. The molecule has 0 bridgehead atoms. The van der Waals surface area contributed by atoms with Gasteiger partial charge in [0.05, 0.1) is 18.3 Å². The molecule has 19 heavy (non-hydrogen) atoms. The van der Waals surface area contributed by atoms with Crippen LogP contribution in [-0.4, -0.2) is 38.0 Å². The lowest BCUT2D eigenvalue weighted by molar-refractivity contribution is 0.147. The molecule has 1 atom stereocenters. The van der Waals surface area contributed by atoms with Crippen LogP contribution in [-0.2, 0) is 6.54 Å². The molecule has 2 heterocycles. The fourth-order valence-corrected chi connectivity index (χ4v) is 1.96. The molecule has 0 aliphatic carbocycles. The van der Waals surface area contributed by atoms with Gasteiger partial charge in [-0.25, -0.2) is 4.52 Å². The van der Waals surface area contributed by atoms with Crippen molar-refractivity contribution in [1.29, 1.82) is 0 Å². The van der Waals surface area contributed by atoms with Crippen molar-refractivity contribution in [2.75, 3.05) is 6.54 Å². The lowest BCUT2D eigenvalue weighted by Crippen LogP contribution is -2.36. The molecule has 0 saturated heterocycles. The van der Waals surface area contributed by atoms with Gasteiger partial charge in [-0.2, -0.15) is 5.10 Å². The van der Waals surface area contributed by atoms with Crippen molar-refractivity contribution >= 4 is 5.52 Å². The van der Waals surface area contributed by atoms with Crippen LogP contribution in [0.5, 0.6) is 0 Å². The maximum Gasteiger partial charge on any atom is 0.276 e. The van der Waals surface area contributed by atoms with Gasteiger partial charge in [-0.15, -0.1) is 0 Å². The average molecular weight is 264 g/mol.